The van der Waals surface area contributed by atoms with Crippen LogP contribution < -0.4 is 10.1 Å². The number of piperazine rings is 1. The molecule has 1 unspecified atom stereocenters. The van der Waals surface area contributed by atoms with Crippen molar-refractivity contribution in [3.63, 3.8) is 0 Å². The van der Waals surface area contributed by atoms with Crippen LogP contribution >= 0.6 is 0 Å². The van der Waals surface area contributed by atoms with E-state index in [0.29, 0.717) is 6.04 Å². The first kappa shape index (κ1) is 16.9. The molecule has 4 heteroatoms. The largest absolute Gasteiger partial charge is 0.496 e. The molecule has 2 heterocycles. The van der Waals surface area contributed by atoms with Crippen LogP contribution in [0.3, 0.4) is 0 Å². The monoisotopic (exact) mass is 325 g/mol. The van der Waals surface area contributed by atoms with E-state index in [4.69, 9.17) is 4.74 Å². The highest BCUT2D eigenvalue weighted by molar-refractivity contribution is 5.36. The Morgan fingerprint density at radius 1 is 1.29 bits per heavy atom. The summed E-state index contributed by atoms with van der Waals surface area (Å²) in [5, 5.41) is 3.50. The van der Waals surface area contributed by atoms with Crippen molar-refractivity contribution in [2.24, 2.45) is 0 Å². The topological polar surface area (TPSA) is 37.4 Å². The maximum Gasteiger partial charge on any atom is 0.121 e. The zero-order chi connectivity index (χ0) is 16.8. The Kier molecular flexibility index (Phi) is 5.83. The van der Waals surface area contributed by atoms with Crippen LogP contribution in [0.4, 0.5) is 0 Å². The van der Waals surface area contributed by atoms with Crippen LogP contribution in [0.5, 0.6) is 5.75 Å². The lowest BCUT2D eigenvalue weighted by molar-refractivity contribution is 0.157. The summed E-state index contributed by atoms with van der Waals surface area (Å²) in [4.78, 5) is 7.12. The van der Waals surface area contributed by atoms with Gasteiger partial charge >= 0.3 is 0 Å². The molecule has 1 saturated heterocycles. The average Bonchev–Trinajstić information content (AvgIpc) is 2.63. The van der Waals surface area contributed by atoms with E-state index in [1.165, 1.54) is 16.8 Å². The summed E-state index contributed by atoms with van der Waals surface area (Å²) < 4.78 is 5.34. The zero-order valence-corrected chi connectivity index (χ0v) is 14.7. The van der Waals surface area contributed by atoms with E-state index in [-0.39, 0.29) is 0 Å². The molecule has 1 aromatic heterocycles. The van der Waals surface area contributed by atoms with Gasteiger partial charge in [-0.05, 0) is 55.6 Å². The van der Waals surface area contributed by atoms with E-state index in [1.807, 2.05) is 12.3 Å². The van der Waals surface area contributed by atoms with E-state index >= 15 is 0 Å². The lowest BCUT2D eigenvalue weighted by Crippen LogP contribution is -2.46. The van der Waals surface area contributed by atoms with Crippen LogP contribution in [-0.4, -0.2) is 43.2 Å². The van der Waals surface area contributed by atoms with Crippen LogP contribution in [0.25, 0.3) is 0 Å². The summed E-state index contributed by atoms with van der Waals surface area (Å²) in [6, 6.07) is 13.1. The van der Waals surface area contributed by atoms with Gasteiger partial charge in [0.2, 0.25) is 0 Å². The fourth-order valence-electron chi connectivity index (χ4n) is 3.46. The van der Waals surface area contributed by atoms with Gasteiger partial charge in [0, 0.05) is 25.8 Å². The summed E-state index contributed by atoms with van der Waals surface area (Å²) in [5.74, 6) is 0.969. The number of benzene rings is 1. The standard InChI is InChI=1S/C20H27N3O/c1-16-14-17(8-9-20(16)24-2)6-5-12-23-13-11-21-15-19(23)18-7-3-4-10-22-18/h3-4,7-10,14,19,21H,5-6,11-13,15H2,1-2H3. The Hall–Kier alpha value is -1.91. The first-order chi connectivity index (χ1) is 11.8. The first-order valence-corrected chi connectivity index (χ1v) is 8.77. The quantitative estimate of drug-likeness (QED) is 0.886. The van der Waals surface area contributed by atoms with Crippen LogP contribution in [0, 0.1) is 6.92 Å². The minimum atomic E-state index is 0.387. The van der Waals surface area contributed by atoms with Gasteiger partial charge in [-0.1, -0.05) is 18.2 Å². The Labute approximate surface area is 144 Å². The zero-order valence-electron chi connectivity index (χ0n) is 14.7. The molecule has 1 aliphatic heterocycles. The molecule has 3 rings (SSSR count). The number of hydrogen-bond acceptors (Lipinski definition) is 4. The molecule has 1 N–H and O–H groups in total. The Morgan fingerprint density at radius 3 is 2.96 bits per heavy atom. The molecule has 0 aliphatic carbocycles. The Morgan fingerprint density at radius 2 is 2.21 bits per heavy atom. The fraction of sp³-hybridized carbons (Fsp3) is 0.450. The van der Waals surface area contributed by atoms with Gasteiger partial charge in [-0.15, -0.1) is 0 Å². The Bertz CT molecular complexity index is 645. The second-order valence-electron chi connectivity index (χ2n) is 6.42. The van der Waals surface area contributed by atoms with Crippen molar-refractivity contribution in [1.29, 1.82) is 0 Å². The van der Waals surface area contributed by atoms with Crippen LogP contribution in [0.15, 0.2) is 42.6 Å². The van der Waals surface area contributed by atoms with Crippen molar-refractivity contribution in [3.8, 4) is 5.75 Å². The lowest BCUT2D eigenvalue weighted by atomic mass is 10.0. The molecular formula is C20H27N3O. The molecule has 2 aromatic rings. The van der Waals surface area contributed by atoms with Crippen LogP contribution in [0.1, 0.15) is 29.3 Å². The second-order valence-corrected chi connectivity index (χ2v) is 6.42. The van der Waals surface area contributed by atoms with Gasteiger partial charge in [0.25, 0.3) is 0 Å². The first-order valence-electron chi connectivity index (χ1n) is 8.77. The number of rotatable bonds is 6. The normalized spacial score (nSPS) is 18.5. The maximum absolute atomic E-state index is 5.34. The van der Waals surface area contributed by atoms with E-state index in [1.54, 1.807) is 7.11 Å². The van der Waals surface area contributed by atoms with E-state index < -0.39 is 0 Å². The number of nitrogens with zero attached hydrogens (tertiary/aromatic N) is 2. The summed E-state index contributed by atoms with van der Waals surface area (Å²) in [7, 11) is 1.73. The molecule has 1 fully saturated rings. The number of aromatic nitrogens is 1. The molecule has 1 atom stereocenters. The second kappa shape index (κ2) is 8.27. The number of aryl methyl sites for hydroxylation is 2. The molecule has 1 aliphatic rings. The SMILES string of the molecule is COc1ccc(CCCN2CCNCC2c2ccccn2)cc1C. The maximum atomic E-state index is 5.34. The molecule has 24 heavy (non-hydrogen) atoms. The molecular weight excluding hydrogens is 298 g/mol. The smallest absolute Gasteiger partial charge is 0.121 e. The van der Waals surface area contributed by atoms with Crippen molar-refractivity contribution >= 4 is 0 Å². The molecule has 0 radical (unpaired) electrons. The number of nitrogens with one attached hydrogen (secondary N) is 1. The van der Waals surface area contributed by atoms with Crippen molar-refractivity contribution in [3.05, 3.63) is 59.4 Å². The highest BCUT2D eigenvalue weighted by atomic mass is 16.5. The average molecular weight is 325 g/mol. The molecule has 128 valence electrons. The molecule has 1 aromatic carbocycles. The van der Waals surface area contributed by atoms with Gasteiger partial charge in [-0.3, -0.25) is 9.88 Å². The van der Waals surface area contributed by atoms with Crippen molar-refractivity contribution in [1.82, 2.24) is 15.2 Å². The predicted molar refractivity (Wildman–Crippen MR) is 97.5 cm³/mol. The van der Waals surface area contributed by atoms with E-state index in [0.717, 1.165) is 44.8 Å². The minimum absolute atomic E-state index is 0.387. The van der Waals surface area contributed by atoms with Crippen LogP contribution in [0.2, 0.25) is 0 Å². The predicted octanol–water partition coefficient (Wildman–Crippen LogP) is 2.98. The van der Waals surface area contributed by atoms with Crippen molar-refractivity contribution in [2.75, 3.05) is 33.3 Å². The van der Waals surface area contributed by atoms with Crippen molar-refractivity contribution < 1.29 is 4.74 Å². The molecule has 0 saturated carbocycles. The van der Waals surface area contributed by atoms with E-state index in [9.17, 15) is 0 Å². The van der Waals surface area contributed by atoms with Gasteiger partial charge in [0.15, 0.2) is 0 Å². The van der Waals surface area contributed by atoms with Gasteiger partial charge in [-0.25, -0.2) is 0 Å². The number of methoxy groups -OCH3 is 1. The fourth-order valence-corrected chi connectivity index (χ4v) is 3.46. The minimum Gasteiger partial charge on any atom is -0.496 e. The summed E-state index contributed by atoms with van der Waals surface area (Å²) in [5.41, 5.74) is 3.77. The lowest BCUT2D eigenvalue weighted by Gasteiger charge is -2.35. The highest BCUT2D eigenvalue weighted by Gasteiger charge is 2.23. The van der Waals surface area contributed by atoms with Gasteiger partial charge in [0.1, 0.15) is 5.75 Å². The summed E-state index contributed by atoms with van der Waals surface area (Å²) >= 11 is 0. The third-order valence-corrected chi connectivity index (χ3v) is 4.75. The van der Waals surface area contributed by atoms with Gasteiger partial charge < -0.3 is 10.1 Å². The highest BCUT2D eigenvalue weighted by Crippen LogP contribution is 2.22. The molecule has 0 spiro atoms. The van der Waals surface area contributed by atoms with Crippen LogP contribution in [-0.2, 0) is 6.42 Å². The summed E-state index contributed by atoms with van der Waals surface area (Å²) in [6.07, 6.45) is 4.15. The third-order valence-electron chi connectivity index (χ3n) is 4.75. The van der Waals surface area contributed by atoms with E-state index in [2.05, 4.69) is 52.5 Å². The molecule has 4 nitrogen and oxygen atoms in total. The number of ether oxygens (including phenoxy) is 1. The number of hydrogen-bond donors (Lipinski definition) is 1. The molecule has 0 bridgehead atoms. The van der Waals surface area contributed by atoms with Gasteiger partial charge in [0.05, 0.1) is 18.8 Å². The van der Waals surface area contributed by atoms with Crippen molar-refractivity contribution in [2.45, 2.75) is 25.8 Å². The Balaban J connectivity index is 1.57. The third kappa shape index (κ3) is 4.13. The van der Waals surface area contributed by atoms with Gasteiger partial charge in [-0.2, -0.15) is 0 Å². The summed E-state index contributed by atoms with van der Waals surface area (Å²) in [6.45, 7) is 6.34. The molecule has 0 amide bonds. The number of pyridine rings is 1.